The van der Waals surface area contributed by atoms with Crippen molar-refractivity contribution < 1.29 is 19.3 Å². The van der Waals surface area contributed by atoms with Crippen LogP contribution in [0.25, 0.3) is 0 Å². The van der Waals surface area contributed by atoms with Gasteiger partial charge < -0.3 is 19.3 Å². The second-order valence-corrected chi connectivity index (χ2v) is 6.97. The highest BCUT2D eigenvalue weighted by atomic mass is 16.7. The Hall–Kier alpha value is -1.26. The van der Waals surface area contributed by atoms with Crippen LogP contribution in [0.2, 0.25) is 0 Å². The summed E-state index contributed by atoms with van der Waals surface area (Å²) >= 11 is 0. The summed E-state index contributed by atoms with van der Waals surface area (Å²) in [4.78, 5) is 0. The zero-order valence-corrected chi connectivity index (χ0v) is 13.7. The van der Waals surface area contributed by atoms with E-state index in [9.17, 15) is 5.11 Å². The normalized spacial score (nSPS) is 21.6. The molecule has 1 heterocycles. The molecule has 118 valence electrons. The largest absolute Gasteiger partial charge is 0.485 e. The lowest BCUT2D eigenvalue weighted by Crippen LogP contribution is -2.40. The van der Waals surface area contributed by atoms with E-state index in [0.717, 1.165) is 35.5 Å². The van der Waals surface area contributed by atoms with E-state index in [0.29, 0.717) is 0 Å². The third kappa shape index (κ3) is 3.50. The van der Waals surface area contributed by atoms with E-state index in [1.165, 1.54) is 0 Å². The van der Waals surface area contributed by atoms with E-state index in [1.807, 2.05) is 19.1 Å². The van der Waals surface area contributed by atoms with Crippen LogP contribution in [0.15, 0.2) is 12.1 Å². The first kappa shape index (κ1) is 16.1. The van der Waals surface area contributed by atoms with Crippen LogP contribution in [0.4, 0.5) is 0 Å². The summed E-state index contributed by atoms with van der Waals surface area (Å²) in [7, 11) is 1.62. The molecular formula is C17H26O4. The van der Waals surface area contributed by atoms with Gasteiger partial charge in [-0.25, -0.2) is 0 Å². The van der Waals surface area contributed by atoms with Crippen molar-refractivity contribution in [3.8, 4) is 11.5 Å². The maximum Gasteiger partial charge on any atom is 0.188 e. The van der Waals surface area contributed by atoms with Gasteiger partial charge in [0.2, 0.25) is 0 Å². The van der Waals surface area contributed by atoms with Crippen molar-refractivity contribution in [3.05, 3.63) is 23.3 Å². The SMILES string of the molecule is COCOc1cc2c(cc1C(C)(C)C)OC(C)(CO)CC2. The molecule has 1 aliphatic rings. The molecule has 0 amide bonds. The number of hydrogen-bond donors (Lipinski definition) is 1. The Balaban J connectivity index is 2.42. The van der Waals surface area contributed by atoms with Crippen LogP contribution in [0.5, 0.6) is 11.5 Å². The van der Waals surface area contributed by atoms with Crippen LogP contribution >= 0.6 is 0 Å². The monoisotopic (exact) mass is 294 g/mol. The molecular weight excluding hydrogens is 268 g/mol. The van der Waals surface area contributed by atoms with Crippen LogP contribution in [0, 0.1) is 0 Å². The lowest BCUT2D eigenvalue weighted by Gasteiger charge is -2.35. The summed E-state index contributed by atoms with van der Waals surface area (Å²) in [6, 6.07) is 4.10. The van der Waals surface area contributed by atoms with Gasteiger partial charge in [-0.3, -0.25) is 0 Å². The molecule has 0 aliphatic carbocycles. The maximum absolute atomic E-state index is 9.51. The van der Waals surface area contributed by atoms with Gasteiger partial charge in [-0.2, -0.15) is 0 Å². The minimum atomic E-state index is -0.489. The van der Waals surface area contributed by atoms with Gasteiger partial charge in [-0.15, -0.1) is 0 Å². The zero-order chi connectivity index (χ0) is 15.7. The fraction of sp³-hybridized carbons (Fsp3) is 0.647. The van der Waals surface area contributed by atoms with Crippen molar-refractivity contribution in [1.29, 1.82) is 0 Å². The molecule has 0 aromatic heterocycles. The van der Waals surface area contributed by atoms with Gasteiger partial charge in [0.05, 0.1) is 6.61 Å². The quantitative estimate of drug-likeness (QED) is 0.867. The topological polar surface area (TPSA) is 47.9 Å². The second-order valence-electron chi connectivity index (χ2n) is 6.97. The number of methoxy groups -OCH3 is 1. The van der Waals surface area contributed by atoms with Crippen LogP contribution in [-0.2, 0) is 16.6 Å². The van der Waals surface area contributed by atoms with Crippen LogP contribution < -0.4 is 9.47 Å². The van der Waals surface area contributed by atoms with Crippen molar-refractivity contribution in [2.24, 2.45) is 0 Å². The molecule has 1 N–H and O–H groups in total. The van der Waals surface area contributed by atoms with Crippen LogP contribution in [0.1, 0.15) is 45.2 Å². The van der Waals surface area contributed by atoms with Crippen molar-refractivity contribution in [2.45, 2.75) is 51.6 Å². The Morgan fingerprint density at radius 3 is 2.62 bits per heavy atom. The Morgan fingerprint density at radius 1 is 1.33 bits per heavy atom. The molecule has 0 fully saturated rings. The van der Waals surface area contributed by atoms with E-state index in [1.54, 1.807) is 7.11 Å². The fourth-order valence-electron chi connectivity index (χ4n) is 2.55. The number of aryl methyl sites for hydroxylation is 1. The maximum atomic E-state index is 9.51. The Kier molecular flexibility index (Phi) is 4.49. The Morgan fingerprint density at radius 2 is 2.05 bits per heavy atom. The molecule has 1 unspecified atom stereocenters. The van der Waals surface area contributed by atoms with Crippen molar-refractivity contribution in [2.75, 3.05) is 20.5 Å². The summed E-state index contributed by atoms with van der Waals surface area (Å²) in [5.41, 5.74) is 1.66. The molecule has 1 aromatic rings. The minimum Gasteiger partial charge on any atom is -0.485 e. The van der Waals surface area contributed by atoms with Gasteiger partial charge in [-0.05, 0) is 42.9 Å². The van der Waals surface area contributed by atoms with Crippen LogP contribution in [0.3, 0.4) is 0 Å². The number of aliphatic hydroxyl groups excluding tert-OH is 1. The summed E-state index contributed by atoms with van der Waals surface area (Å²) in [6.45, 7) is 8.63. The smallest absolute Gasteiger partial charge is 0.188 e. The first-order valence-corrected chi connectivity index (χ1v) is 7.38. The molecule has 0 saturated carbocycles. The van der Waals surface area contributed by atoms with Gasteiger partial charge in [0.15, 0.2) is 6.79 Å². The van der Waals surface area contributed by atoms with Gasteiger partial charge in [0, 0.05) is 12.7 Å². The average molecular weight is 294 g/mol. The highest BCUT2D eigenvalue weighted by Gasteiger charge is 2.33. The van der Waals surface area contributed by atoms with E-state index in [-0.39, 0.29) is 18.8 Å². The summed E-state index contributed by atoms with van der Waals surface area (Å²) < 4.78 is 16.8. The van der Waals surface area contributed by atoms with Gasteiger partial charge in [0.25, 0.3) is 0 Å². The molecule has 0 bridgehead atoms. The number of fused-ring (bicyclic) bond motifs is 1. The lowest BCUT2D eigenvalue weighted by atomic mass is 9.84. The lowest BCUT2D eigenvalue weighted by molar-refractivity contribution is 0.00747. The predicted octanol–water partition coefficient (Wildman–Crippen LogP) is 3.04. The summed E-state index contributed by atoms with van der Waals surface area (Å²) in [6.07, 6.45) is 1.68. The Labute approximate surface area is 127 Å². The summed E-state index contributed by atoms with van der Waals surface area (Å²) in [5.74, 6) is 1.70. The van der Waals surface area contributed by atoms with E-state index >= 15 is 0 Å². The number of hydrogen-bond acceptors (Lipinski definition) is 4. The standard InChI is InChI=1S/C17H26O4/c1-16(2,3)13-9-14-12(8-15(13)20-11-19-5)6-7-17(4,10-18)21-14/h8-9,18H,6-7,10-11H2,1-5H3. The van der Waals surface area contributed by atoms with Crippen LogP contribution in [-0.4, -0.2) is 31.2 Å². The van der Waals surface area contributed by atoms with Gasteiger partial charge >= 0.3 is 0 Å². The highest BCUT2D eigenvalue weighted by molar-refractivity contribution is 5.50. The zero-order valence-electron chi connectivity index (χ0n) is 13.7. The number of ether oxygens (including phenoxy) is 3. The molecule has 0 radical (unpaired) electrons. The minimum absolute atomic E-state index is 0.0270. The van der Waals surface area contributed by atoms with E-state index in [4.69, 9.17) is 14.2 Å². The molecule has 0 saturated heterocycles. The van der Waals surface area contributed by atoms with E-state index in [2.05, 4.69) is 20.8 Å². The van der Waals surface area contributed by atoms with Crippen molar-refractivity contribution in [1.82, 2.24) is 0 Å². The third-order valence-corrected chi connectivity index (χ3v) is 3.92. The first-order valence-electron chi connectivity index (χ1n) is 7.38. The van der Waals surface area contributed by atoms with Crippen molar-refractivity contribution >= 4 is 0 Å². The third-order valence-electron chi connectivity index (χ3n) is 3.92. The van der Waals surface area contributed by atoms with Gasteiger partial charge in [0.1, 0.15) is 17.1 Å². The molecule has 21 heavy (non-hydrogen) atoms. The molecule has 1 aromatic carbocycles. The van der Waals surface area contributed by atoms with Crippen molar-refractivity contribution in [3.63, 3.8) is 0 Å². The molecule has 4 heteroatoms. The highest BCUT2D eigenvalue weighted by Crippen LogP contribution is 2.41. The average Bonchev–Trinajstić information content (AvgIpc) is 2.43. The number of rotatable bonds is 4. The number of aliphatic hydroxyl groups is 1. The molecule has 1 atom stereocenters. The molecule has 0 spiro atoms. The number of benzene rings is 1. The van der Waals surface area contributed by atoms with E-state index < -0.39 is 5.60 Å². The first-order chi connectivity index (χ1) is 9.79. The predicted molar refractivity (Wildman–Crippen MR) is 82.1 cm³/mol. The second kappa shape index (κ2) is 5.85. The van der Waals surface area contributed by atoms with Gasteiger partial charge in [-0.1, -0.05) is 20.8 Å². The summed E-state index contributed by atoms with van der Waals surface area (Å²) in [5, 5.41) is 9.51. The molecule has 2 rings (SSSR count). The fourth-order valence-corrected chi connectivity index (χ4v) is 2.55. The molecule has 4 nitrogen and oxygen atoms in total. The Bertz CT molecular complexity index is 504. The molecule has 1 aliphatic heterocycles.